The molecule has 0 atom stereocenters. The Morgan fingerprint density at radius 3 is 2.27 bits per heavy atom. The molecule has 0 unspecified atom stereocenters. The van der Waals surface area contributed by atoms with Crippen molar-refractivity contribution in [1.82, 2.24) is 9.62 Å². The van der Waals surface area contributed by atoms with Gasteiger partial charge in [-0.3, -0.25) is 4.79 Å². The van der Waals surface area contributed by atoms with Crippen LogP contribution in [-0.4, -0.2) is 57.7 Å². The molecular formula is C18H30N2O5S. The fraction of sp³-hybridized carbons (Fsp3) is 0.611. The van der Waals surface area contributed by atoms with Crippen LogP contribution in [0.25, 0.3) is 0 Å². The lowest BCUT2D eigenvalue weighted by Gasteiger charge is -2.33. The van der Waals surface area contributed by atoms with Crippen molar-refractivity contribution >= 4 is 15.9 Å². The first-order valence-corrected chi connectivity index (χ1v) is 10.3. The Bertz CT molecular complexity index is 711. The summed E-state index contributed by atoms with van der Waals surface area (Å²) in [5, 5.41) is 2.78. The van der Waals surface area contributed by atoms with Gasteiger partial charge in [-0.2, -0.15) is 4.31 Å². The van der Waals surface area contributed by atoms with Crippen LogP contribution in [-0.2, 0) is 21.2 Å². The second-order valence-corrected chi connectivity index (χ2v) is 8.95. The van der Waals surface area contributed by atoms with Gasteiger partial charge in [-0.1, -0.05) is 6.07 Å². The van der Waals surface area contributed by atoms with Crippen LogP contribution >= 0.6 is 0 Å². The third-order valence-electron chi connectivity index (χ3n) is 3.87. The Hall–Kier alpha value is -1.80. The smallest absolute Gasteiger partial charge is 0.220 e. The highest BCUT2D eigenvalue weighted by Crippen LogP contribution is 2.27. The number of amides is 1. The molecule has 0 heterocycles. The van der Waals surface area contributed by atoms with Crippen LogP contribution in [0, 0.1) is 0 Å². The summed E-state index contributed by atoms with van der Waals surface area (Å²) in [6.07, 6.45) is 2.04. The van der Waals surface area contributed by atoms with Crippen molar-refractivity contribution < 1.29 is 22.7 Å². The van der Waals surface area contributed by atoms with Gasteiger partial charge < -0.3 is 14.8 Å². The molecule has 7 nitrogen and oxygen atoms in total. The SMILES string of the molecule is COc1ccc(CCC(=O)NCCN(C(C)(C)C)S(C)(=O)=O)cc1OC. The lowest BCUT2D eigenvalue weighted by molar-refractivity contribution is -0.121. The molecule has 0 radical (unpaired) electrons. The van der Waals surface area contributed by atoms with E-state index in [4.69, 9.17) is 9.47 Å². The zero-order valence-electron chi connectivity index (χ0n) is 16.5. The van der Waals surface area contributed by atoms with E-state index in [1.54, 1.807) is 20.3 Å². The fourth-order valence-electron chi connectivity index (χ4n) is 2.68. The first-order valence-electron chi connectivity index (χ1n) is 8.44. The molecule has 1 rings (SSSR count). The van der Waals surface area contributed by atoms with Crippen LogP contribution in [0.1, 0.15) is 32.8 Å². The first kappa shape index (κ1) is 22.2. The van der Waals surface area contributed by atoms with E-state index < -0.39 is 15.6 Å². The van der Waals surface area contributed by atoms with Crippen molar-refractivity contribution in [1.29, 1.82) is 0 Å². The van der Waals surface area contributed by atoms with Gasteiger partial charge in [0.15, 0.2) is 11.5 Å². The third-order valence-corrected chi connectivity index (χ3v) is 5.41. The van der Waals surface area contributed by atoms with E-state index in [1.807, 2.05) is 32.9 Å². The summed E-state index contributed by atoms with van der Waals surface area (Å²) in [6.45, 7) is 5.99. The number of sulfonamides is 1. The maximum absolute atomic E-state index is 12.0. The Balaban J connectivity index is 2.53. The lowest BCUT2D eigenvalue weighted by atomic mass is 10.1. The Kier molecular flexibility index (Phi) is 7.89. The average Bonchev–Trinajstić information content (AvgIpc) is 2.54. The minimum atomic E-state index is -3.33. The Morgan fingerprint density at radius 2 is 1.77 bits per heavy atom. The maximum Gasteiger partial charge on any atom is 0.220 e. The summed E-state index contributed by atoms with van der Waals surface area (Å²) in [6, 6.07) is 5.54. The fourth-order valence-corrected chi connectivity index (χ4v) is 4.10. The molecule has 0 saturated heterocycles. The van der Waals surface area contributed by atoms with Gasteiger partial charge in [-0.15, -0.1) is 0 Å². The number of nitrogens with one attached hydrogen (secondary N) is 1. The molecule has 148 valence electrons. The number of carbonyl (C=O) groups is 1. The molecule has 26 heavy (non-hydrogen) atoms. The summed E-state index contributed by atoms with van der Waals surface area (Å²) < 4.78 is 35.6. The third kappa shape index (κ3) is 6.84. The number of methoxy groups -OCH3 is 2. The van der Waals surface area contributed by atoms with E-state index in [1.165, 1.54) is 10.6 Å². The van der Waals surface area contributed by atoms with Crippen LogP contribution in [0.4, 0.5) is 0 Å². The van der Waals surface area contributed by atoms with Crippen molar-refractivity contribution in [3.05, 3.63) is 23.8 Å². The average molecular weight is 387 g/mol. The summed E-state index contributed by atoms with van der Waals surface area (Å²) in [5.74, 6) is 1.14. The van der Waals surface area contributed by atoms with Crippen LogP contribution in [0.5, 0.6) is 11.5 Å². The zero-order valence-corrected chi connectivity index (χ0v) is 17.3. The molecule has 0 fully saturated rings. The van der Waals surface area contributed by atoms with E-state index in [2.05, 4.69) is 5.32 Å². The van der Waals surface area contributed by atoms with Crippen LogP contribution in [0.2, 0.25) is 0 Å². The number of nitrogens with zero attached hydrogens (tertiary/aromatic N) is 1. The van der Waals surface area contributed by atoms with Crippen LogP contribution < -0.4 is 14.8 Å². The highest BCUT2D eigenvalue weighted by molar-refractivity contribution is 7.88. The summed E-state index contributed by atoms with van der Waals surface area (Å²) in [7, 11) is -0.196. The summed E-state index contributed by atoms with van der Waals surface area (Å²) >= 11 is 0. The monoisotopic (exact) mass is 386 g/mol. The molecular weight excluding hydrogens is 356 g/mol. The van der Waals surface area contributed by atoms with Gasteiger partial charge in [0.05, 0.1) is 20.5 Å². The molecule has 0 spiro atoms. The number of carbonyl (C=O) groups excluding carboxylic acids is 1. The van der Waals surface area contributed by atoms with Gasteiger partial charge in [-0.05, 0) is 44.9 Å². The molecule has 0 aromatic heterocycles. The molecule has 1 amide bonds. The van der Waals surface area contributed by atoms with E-state index in [0.717, 1.165) is 5.56 Å². The molecule has 0 bridgehead atoms. The predicted octanol–water partition coefficient (Wildman–Crippen LogP) is 1.81. The standard InChI is InChI=1S/C18H30N2O5S/c1-18(2,3)20(26(6,22)23)12-11-19-17(21)10-8-14-7-9-15(24-4)16(13-14)25-5/h7,9,13H,8,10-12H2,1-6H3,(H,19,21). The van der Waals surface area contributed by atoms with Gasteiger partial charge in [0, 0.05) is 25.0 Å². The number of aryl methyl sites for hydroxylation is 1. The highest BCUT2D eigenvalue weighted by Gasteiger charge is 2.28. The number of hydrogen-bond donors (Lipinski definition) is 1. The molecule has 1 aromatic carbocycles. The lowest BCUT2D eigenvalue weighted by Crippen LogP contribution is -2.48. The van der Waals surface area contributed by atoms with Crippen molar-refractivity contribution in [2.24, 2.45) is 0 Å². The second kappa shape index (κ2) is 9.23. The van der Waals surface area contributed by atoms with Crippen molar-refractivity contribution in [2.45, 2.75) is 39.2 Å². The largest absolute Gasteiger partial charge is 0.493 e. The van der Waals surface area contributed by atoms with Crippen molar-refractivity contribution in [3.63, 3.8) is 0 Å². The van der Waals surface area contributed by atoms with Gasteiger partial charge in [-0.25, -0.2) is 8.42 Å². The number of benzene rings is 1. The minimum Gasteiger partial charge on any atom is -0.493 e. The molecule has 8 heteroatoms. The van der Waals surface area contributed by atoms with Crippen molar-refractivity contribution in [3.8, 4) is 11.5 Å². The molecule has 1 N–H and O–H groups in total. The molecule has 0 aliphatic rings. The van der Waals surface area contributed by atoms with Gasteiger partial charge in [0.1, 0.15) is 0 Å². The van der Waals surface area contributed by atoms with Gasteiger partial charge >= 0.3 is 0 Å². The number of hydrogen-bond acceptors (Lipinski definition) is 5. The van der Waals surface area contributed by atoms with Gasteiger partial charge in [0.2, 0.25) is 15.9 Å². The molecule has 0 saturated carbocycles. The topological polar surface area (TPSA) is 84.9 Å². The van der Waals surface area contributed by atoms with E-state index >= 15 is 0 Å². The number of ether oxygens (including phenoxy) is 2. The minimum absolute atomic E-state index is 0.123. The maximum atomic E-state index is 12.0. The van der Waals surface area contributed by atoms with Crippen LogP contribution in [0.15, 0.2) is 18.2 Å². The normalized spacial score (nSPS) is 12.1. The molecule has 0 aliphatic carbocycles. The second-order valence-electron chi connectivity index (χ2n) is 7.05. The van der Waals surface area contributed by atoms with Crippen LogP contribution in [0.3, 0.4) is 0 Å². The van der Waals surface area contributed by atoms with E-state index in [9.17, 15) is 13.2 Å². The molecule has 1 aromatic rings. The quantitative estimate of drug-likeness (QED) is 0.700. The van der Waals surface area contributed by atoms with Gasteiger partial charge in [0.25, 0.3) is 0 Å². The highest BCUT2D eigenvalue weighted by atomic mass is 32.2. The first-order chi connectivity index (χ1) is 12.0. The Morgan fingerprint density at radius 1 is 1.15 bits per heavy atom. The van der Waals surface area contributed by atoms with E-state index in [0.29, 0.717) is 24.3 Å². The zero-order chi connectivity index (χ0) is 20.0. The van der Waals surface area contributed by atoms with Crippen molar-refractivity contribution in [2.75, 3.05) is 33.6 Å². The Labute approximate surface area is 156 Å². The predicted molar refractivity (Wildman–Crippen MR) is 102 cm³/mol. The number of rotatable bonds is 9. The van der Waals surface area contributed by atoms with E-state index in [-0.39, 0.29) is 19.0 Å². The summed E-state index contributed by atoms with van der Waals surface area (Å²) in [4.78, 5) is 12.0. The molecule has 0 aliphatic heterocycles. The summed E-state index contributed by atoms with van der Waals surface area (Å²) in [5.41, 5.74) is 0.433.